The molecule has 1 unspecified atom stereocenters. The molecule has 0 radical (unpaired) electrons. The van der Waals surface area contributed by atoms with E-state index < -0.39 is 0 Å². The number of nitrogens with one attached hydrogen (secondary N) is 1. The van der Waals surface area contributed by atoms with Gasteiger partial charge in [-0.15, -0.1) is 0 Å². The van der Waals surface area contributed by atoms with Crippen LogP contribution in [0.15, 0.2) is 22.8 Å². The molecule has 0 aromatic carbocycles. The third-order valence-electron chi connectivity index (χ3n) is 3.67. The predicted octanol–water partition coefficient (Wildman–Crippen LogP) is 3.01. The number of likely N-dealkylation sites (N-methyl/N-ethyl adjacent to an activating group) is 1. The topological polar surface area (TPSA) is 34.4 Å². The molecule has 17 heavy (non-hydrogen) atoms. The van der Waals surface area contributed by atoms with Gasteiger partial charge in [-0.1, -0.05) is 20.8 Å². The Labute approximate surface area is 105 Å². The molecule has 1 heterocycles. The first-order chi connectivity index (χ1) is 8.22. The van der Waals surface area contributed by atoms with Gasteiger partial charge >= 0.3 is 0 Å². The molecule has 1 aromatic rings. The molecule has 0 spiro atoms. The van der Waals surface area contributed by atoms with Crippen LogP contribution in [0.1, 0.15) is 39.4 Å². The van der Waals surface area contributed by atoms with Crippen LogP contribution in [0, 0.1) is 0 Å². The van der Waals surface area contributed by atoms with Gasteiger partial charge in [-0.25, -0.2) is 0 Å². The number of rotatable bonds is 8. The molecule has 0 saturated carbocycles. The maximum atomic E-state index is 5.80. The van der Waals surface area contributed by atoms with Crippen LogP contribution in [0.5, 0.6) is 0 Å². The van der Waals surface area contributed by atoms with Crippen molar-refractivity contribution in [3.63, 3.8) is 0 Å². The van der Waals surface area contributed by atoms with Gasteiger partial charge in [0.1, 0.15) is 5.76 Å². The molecule has 0 amide bonds. The Morgan fingerprint density at radius 2 is 2.06 bits per heavy atom. The lowest BCUT2D eigenvalue weighted by atomic mass is 9.85. The summed E-state index contributed by atoms with van der Waals surface area (Å²) in [4.78, 5) is 0. The van der Waals surface area contributed by atoms with Gasteiger partial charge in [0, 0.05) is 19.6 Å². The Hall–Kier alpha value is -0.800. The Bertz CT molecular complexity index is 283. The van der Waals surface area contributed by atoms with Crippen molar-refractivity contribution in [3.05, 3.63) is 24.2 Å². The SMILES string of the molecule is CCNC(Cc1ccco1)C(CC)(CC)OC. The lowest BCUT2D eigenvalue weighted by Crippen LogP contribution is -2.52. The average molecular weight is 239 g/mol. The highest BCUT2D eigenvalue weighted by Gasteiger charge is 2.35. The van der Waals surface area contributed by atoms with Gasteiger partial charge in [-0.3, -0.25) is 0 Å². The number of hydrogen-bond donors (Lipinski definition) is 1. The maximum absolute atomic E-state index is 5.80. The maximum Gasteiger partial charge on any atom is 0.105 e. The highest BCUT2D eigenvalue weighted by atomic mass is 16.5. The lowest BCUT2D eigenvalue weighted by Gasteiger charge is -2.38. The van der Waals surface area contributed by atoms with E-state index in [9.17, 15) is 0 Å². The lowest BCUT2D eigenvalue weighted by molar-refractivity contribution is -0.0478. The summed E-state index contributed by atoms with van der Waals surface area (Å²) in [6.45, 7) is 7.43. The van der Waals surface area contributed by atoms with E-state index in [0.29, 0.717) is 6.04 Å². The molecule has 0 fully saturated rings. The molecule has 0 bridgehead atoms. The van der Waals surface area contributed by atoms with E-state index in [1.807, 2.05) is 12.1 Å². The molecule has 0 saturated heterocycles. The third kappa shape index (κ3) is 3.33. The zero-order chi connectivity index (χ0) is 12.7. The normalized spacial score (nSPS) is 13.9. The van der Waals surface area contributed by atoms with Crippen molar-refractivity contribution in [1.29, 1.82) is 0 Å². The third-order valence-corrected chi connectivity index (χ3v) is 3.67. The van der Waals surface area contributed by atoms with E-state index in [0.717, 1.165) is 31.6 Å². The first-order valence-corrected chi connectivity index (χ1v) is 6.53. The highest BCUT2D eigenvalue weighted by molar-refractivity contribution is 5.04. The van der Waals surface area contributed by atoms with Crippen molar-refractivity contribution >= 4 is 0 Å². The van der Waals surface area contributed by atoms with Gasteiger partial charge in [-0.2, -0.15) is 0 Å². The number of methoxy groups -OCH3 is 1. The van der Waals surface area contributed by atoms with Crippen molar-refractivity contribution in [2.45, 2.75) is 51.7 Å². The standard InChI is InChI=1S/C14H25NO2/c1-5-14(6-2,16-4)13(15-7-3)11-12-9-8-10-17-12/h8-10,13,15H,5-7,11H2,1-4H3. The van der Waals surface area contributed by atoms with E-state index in [4.69, 9.17) is 9.15 Å². The minimum atomic E-state index is -0.108. The molecule has 98 valence electrons. The zero-order valence-corrected chi connectivity index (χ0v) is 11.5. The van der Waals surface area contributed by atoms with E-state index in [1.165, 1.54) is 0 Å². The molecule has 1 atom stereocenters. The summed E-state index contributed by atoms with van der Waals surface area (Å²) in [6.07, 6.45) is 4.60. The van der Waals surface area contributed by atoms with Gasteiger partial charge in [0.05, 0.1) is 11.9 Å². The largest absolute Gasteiger partial charge is 0.469 e. The molecule has 1 rings (SSSR count). The van der Waals surface area contributed by atoms with E-state index in [-0.39, 0.29) is 5.60 Å². The number of hydrogen-bond acceptors (Lipinski definition) is 3. The first kappa shape index (κ1) is 14.3. The molecule has 1 N–H and O–H groups in total. The molecule has 3 heteroatoms. The summed E-state index contributed by atoms with van der Waals surface area (Å²) >= 11 is 0. The van der Waals surface area contributed by atoms with Crippen molar-refractivity contribution in [2.75, 3.05) is 13.7 Å². The van der Waals surface area contributed by atoms with Crippen LogP contribution in [0.25, 0.3) is 0 Å². The monoisotopic (exact) mass is 239 g/mol. The van der Waals surface area contributed by atoms with Crippen molar-refractivity contribution in [1.82, 2.24) is 5.32 Å². The summed E-state index contributed by atoms with van der Waals surface area (Å²) in [7, 11) is 1.81. The Morgan fingerprint density at radius 3 is 2.47 bits per heavy atom. The quantitative estimate of drug-likeness (QED) is 0.757. The van der Waals surface area contributed by atoms with Crippen molar-refractivity contribution < 1.29 is 9.15 Å². The Balaban J connectivity index is 2.82. The minimum Gasteiger partial charge on any atom is -0.469 e. The molecule has 3 nitrogen and oxygen atoms in total. The van der Waals surface area contributed by atoms with E-state index in [2.05, 4.69) is 26.1 Å². The second kappa shape index (κ2) is 6.82. The van der Waals surface area contributed by atoms with Gasteiger partial charge in [0.15, 0.2) is 0 Å². The molecule has 0 aliphatic heterocycles. The fourth-order valence-corrected chi connectivity index (χ4v) is 2.49. The van der Waals surface area contributed by atoms with Crippen LogP contribution in [0.4, 0.5) is 0 Å². The van der Waals surface area contributed by atoms with Gasteiger partial charge in [0.25, 0.3) is 0 Å². The van der Waals surface area contributed by atoms with Crippen LogP contribution < -0.4 is 5.32 Å². The summed E-state index contributed by atoms with van der Waals surface area (Å²) < 4.78 is 11.2. The molecular weight excluding hydrogens is 214 g/mol. The number of furan rings is 1. The van der Waals surface area contributed by atoms with Crippen LogP contribution >= 0.6 is 0 Å². The smallest absolute Gasteiger partial charge is 0.105 e. The van der Waals surface area contributed by atoms with Crippen LogP contribution in [-0.2, 0) is 11.2 Å². The Morgan fingerprint density at radius 1 is 1.35 bits per heavy atom. The average Bonchev–Trinajstić information content (AvgIpc) is 2.85. The first-order valence-electron chi connectivity index (χ1n) is 6.53. The molecule has 0 aliphatic carbocycles. The minimum absolute atomic E-state index is 0.108. The zero-order valence-electron chi connectivity index (χ0n) is 11.5. The van der Waals surface area contributed by atoms with Crippen LogP contribution in [0.2, 0.25) is 0 Å². The molecule has 1 aromatic heterocycles. The van der Waals surface area contributed by atoms with Gasteiger partial charge < -0.3 is 14.5 Å². The summed E-state index contributed by atoms with van der Waals surface area (Å²) in [5.74, 6) is 1.01. The summed E-state index contributed by atoms with van der Waals surface area (Å²) in [5.41, 5.74) is -0.108. The van der Waals surface area contributed by atoms with Crippen LogP contribution in [-0.4, -0.2) is 25.3 Å². The summed E-state index contributed by atoms with van der Waals surface area (Å²) in [5, 5.41) is 3.53. The Kier molecular flexibility index (Phi) is 5.72. The molecular formula is C14H25NO2. The molecule has 0 aliphatic rings. The fraction of sp³-hybridized carbons (Fsp3) is 0.714. The second-order valence-electron chi connectivity index (χ2n) is 4.37. The van der Waals surface area contributed by atoms with E-state index >= 15 is 0 Å². The van der Waals surface area contributed by atoms with Crippen molar-refractivity contribution in [3.8, 4) is 0 Å². The van der Waals surface area contributed by atoms with Gasteiger partial charge in [0.2, 0.25) is 0 Å². The van der Waals surface area contributed by atoms with Crippen molar-refractivity contribution in [2.24, 2.45) is 0 Å². The predicted molar refractivity (Wildman–Crippen MR) is 70.2 cm³/mol. The summed E-state index contributed by atoms with van der Waals surface area (Å²) in [6, 6.07) is 4.25. The fourth-order valence-electron chi connectivity index (χ4n) is 2.49. The second-order valence-corrected chi connectivity index (χ2v) is 4.37. The van der Waals surface area contributed by atoms with Gasteiger partial charge in [-0.05, 0) is 31.5 Å². The van der Waals surface area contributed by atoms with Crippen LogP contribution in [0.3, 0.4) is 0 Å². The van der Waals surface area contributed by atoms with E-state index in [1.54, 1.807) is 13.4 Å². The highest BCUT2D eigenvalue weighted by Crippen LogP contribution is 2.26. The number of ether oxygens (including phenoxy) is 1.